The van der Waals surface area contributed by atoms with Crippen molar-refractivity contribution in [2.75, 3.05) is 13.2 Å². The van der Waals surface area contributed by atoms with Crippen molar-refractivity contribution in [2.24, 2.45) is 5.10 Å². The van der Waals surface area contributed by atoms with Crippen molar-refractivity contribution in [3.8, 4) is 0 Å². The van der Waals surface area contributed by atoms with E-state index in [1.807, 2.05) is 30.3 Å². The Bertz CT molecular complexity index is 388. The fourth-order valence-corrected chi connectivity index (χ4v) is 1.16. The predicted molar refractivity (Wildman–Crippen MR) is 68.0 cm³/mol. The number of hydrazone groups is 1. The second-order valence-electron chi connectivity index (χ2n) is 3.22. The average Bonchev–Trinajstić information content (AvgIpc) is 2.36. The van der Waals surface area contributed by atoms with Crippen LogP contribution >= 0.6 is 0 Å². The van der Waals surface area contributed by atoms with Gasteiger partial charge in [0.05, 0.1) is 19.4 Å². The quantitative estimate of drug-likeness (QED) is 0.445. The third-order valence-corrected chi connectivity index (χ3v) is 1.93. The second-order valence-corrected chi connectivity index (χ2v) is 3.22. The summed E-state index contributed by atoms with van der Waals surface area (Å²) in [6, 6.07) is 9.54. The molecular weight excluding hydrogens is 216 g/mol. The van der Waals surface area contributed by atoms with Gasteiger partial charge in [0, 0.05) is 0 Å². The maximum atomic E-state index is 11.5. The van der Waals surface area contributed by atoms with Gasteiger partial charge in [0.15, 0.2) is 0 Å². The number of hydrogen-bond donors (Lipinski definition) is 0. The smallest absolute Gasteiger partial charge is 0.430 e. The van der Waals surface area contributed by atoms with Gasteiger partial charge in [0.2, 0.25) is 0 Å². The van der Waals surface area contributed by atoms with E-state index in [0.717, 1.165) is 5.56 Å². The summed E-state index contributed by atoms with van der Waals surface area (Å²) in [6.07, 6.45) is 2.74. The Kier molecular flexibility index (Phi) is 5.51. The second kappa shape index (κ2) is 7.22. The summed E-state index contributed by atoms with van der Waals surface area (Å²) in [5, 5.41) is 5.29. The van der Waals surface area contributed by atoms with Crippen LogP contribution in [0.1, 0.15) is 12.5 Å². The molecule has 4 nitrogen and oxygen atoms in total. The average molecular weight is 232 g/mol. The highest BCUT2D eigenvalue weighted by molar-refractivity contribution is 5.80. The minimum Gasteiger partial charge on any atom is -0.448 e. The molecule has 0 saturated heterocycles. The van der Waals surface area contributed by atoms with E-state index in [1.165, 1.54) is 5.01 Å². The third-order valence-electron chi connectivity index (χ3n) is 1.93. The molecular formula is C13H16N2O2. The summed E-state index contributed by atoms with van der Waals surface area (Å²) in [5.74, 6) is 0. The van der Waals surface area contributed by atoms with Gasteiger partial charge in [-0.1, -0.05) is 36.4 Å². The Morgan fingerprint density at radius 1 is 1.47 bits per heavy atom. The van der Waals surface area contributed by atoms with Gasteiger partial charge in [0.1, 0.15) is 0 Å². The first-order chi connectivity index (χ1) is 8.27. The molecule has 1 rings (SSSR count). The van der Waals surface area contributed by atoms with Crippen molar-refractivity contribution in [3.05, 3.63) is 48.6 Å². The first-order valence-electron chi connectivity index (χ1n) is 5.42. The molecule has 1 aromatic carbocycles. The van der Waals surface area contributed by atoms with E-state index < -0.39 is 6.09 Å². The summed E-state index contributed by atoms with van der Waals surface area (Å²) in [5.41, 5.74) is 0.922. The van der Waals surface area contributed by atoms with Gasteiger partial charge in [-0.2, -0.15) is 10.1 Å². The largest absolute Gasteiger partial charge is 0.448 e. The van der Waals surface area contributed by atoms with E-state index in [4.69, 9.17) is 4.74 Å². The number of carbonyl (C=O) groups is 1. The normalized spacial score (nSPS) is 10.2. The van der Waals surface area contributed by atoms with Crippen LogP contribution < -0.4 is 0 Å². The van der Waals surface area contributed by atoms with Crippen molar-refractivity contribution >= 4 is 12.3 Å². The summed E-state index contributed by atoms with van der Waals surface area (Å²) >= 11 is 0. The first kappa shape index (κ1) is 13.0. The molecule has 0 atom stereocenters. The summed E-state index contributed by atoms with van der Waals surface area (Å²) < 4.78 is 4.87. The highest BCUT2D eigenvalue weighted by Gasteiger charge is 2.10. The molecule has 1 aromatic rings. The van der Waals surface area contributed by atoms with Crippen LogP contribution in [0.5, 0.6) is 0 Å². The maximum Gasteiger partial charge on any atom is 0.430 e. The Morgan fingerprint density at radius 3 is 2.76 bits per heavy atom. The van der Waals surface area contributed by atoms with Crippen LogP contribution in [0.4, 0.5) is 4.79 Å². The molecule has 0 aliphatic carbocycles. The minimum absolute atomic E-state index is 0.322. The molecule has 0 aliphatic rings. The lowest BCUT2D eigenvalue weighted by Gasteiger charge is -2.13. The highest BCUT2D eigenvalue weighted by Crippen LogP contribution is 1.99. The topological polar surface area (TPSA) is 41.9 Å². The zero-order chi connectivity index (χ0) is 12.5. The predicted octanol–water partition coefficient (Wildman–Crippen LogP) is 2.67. The van der Waals surface area contributed by atoms with Gasteiger partial charge in [-0.05, 0) is 12.5 Å². The van der Waals surface area contributed by atoms with Crippen LogP contribution in [0.3, 0.4) is 0 Å². The first-order valence-corrected chi connectivity index (χ1v) is 5.42. The minimum atomic E-state index is -0.473. The lowest BCUT2D eigenvalue weighted by molar-refractivity contribution is 0.113. The highest BCUT2D eigenvalue weighted by atomic mass is 16.6. The van der Waals surface area contributed by atoms with Crippen LogP contribution in [0.2, 0.25) is 0 Å². The van der Waals surface area contributed by atoms with E-state index in [0.29, 0.717) is 13.2 Å². The number of hydrogen-bond acceptors (Lipinski definition) is 3. The molecule has 0 bridgehead atoms. The van der Waals surface area contributed by atoms with Crippen LogP contribution in [-0.4, -0.2) is 30.5 Å². The van der Waals surface area contributed by atoms with Gasteiger partial charge in [-0.25, -0.2) is 4.79 Å². The maximum absolute atomic E-state index is 11.5. The number of ether oxygens (including phenoxy) is 1. The van der Waals surface area contributed by atoms with Gasteiger partial charge < -0.3 is 4.74 Å². The van der Waals surface area contributed by atoms with Crippen LogP contribution in [0.25, 0.3) is 0 Å². The van der Waals surface area contributed by atoms with E-state index in [-0.39, 0.29) is 0 Å². The Hall–Kier alpha value is -2.10. The molecule has 0 fully saturated rings. The zero-order valence-electron chi connectivity index (χ0n) is 9.87. The lowest BCUT2D eigenvalue weighted by atomic mass is 10.2. The molecule has 0 spiro atoms. The standard InChI is InChI=1S/C13H16N2O2/c1-3-10-15(13(16)17-4-2)14-11-12-8-6-5-7-9-12/h3,5-9,11H,1,4,10H2,2H3/b14-11+. The van der Waals surface area contributed by atoms with Gasteiger partial charge in [0.25, 0.3) is 0 Å². The fourth-order valence-electron chi connectivity index (χ4n) is 1.16. The number of amides is 1. The zero-order valence-corrected chi connectivity index (χ0v) is 9.87. The monoisotopic (exact) mass is 232 g/mol. The molecule has 0 heterocycles. The number of nitrogens with zero attached hydrogens (tertiary/aromatic N) is 2. The number of rotatable bonds is 5. The molecule has 0 aromatic heterocycles. The molecule has 0 unspecified atom stereocenters. The molecule has 90 valence electrons. The SMILES string of the molecule is C=CCN(/N=C/c1ccccc1)C(=O)OCC. The van der Waals surface area contributed by atoms with Gasteiger partial charge >= 0.3 is 6.09 Å². The Labute approximate surface area is 101 Å². The van der Waals surface area contributed by atoms with Crippen molar-refractivity contribution in [1.29, 1.82) is 0 Å². The summed E-state index contributed by atoms with van der Waals surface area (Å²) in [7, 11) is 0. The molecule has 4 heteroatoms. The third kappa shape index (κ3) is 4.51. The lowest BCUT2D eigenvalue weighted by Crippen LogP contribution is -2.26. The summed E-state index contributed by atoms with van der Waals surface area (Å²) in [4.78, 5) is 11.5. The van der Waals surface area contributed by atoms with E-state index in [2.05, 4.69) is 11.7 Å². The molecule has 17 heavy (non-hydrogen) atoms. The Balaban J connectivity index is 2.69. The number of carbonyl (C=O) groups excluding carboxylic acids is 1. The van der Waals surface area contributed by atoms with Crippen molar-refractivity contribution in [3.63, 3.8) is 0 Å². The van der Waals surface area contributed by atoms with Gasteiger partial charge in [-0.3, -0.25) is 0 Å². The van der Waals surface area contributed by atoms with E-state index in [9.17, 15) is 4.79 Å². The van der Waals surface area contributed by atoms with Crippen molar-refractivity contribution in [1.82, 2.24) is 5.01 Å². The van der Waals surface area contributed by atoms with Crippen LogP contribution in [0.15, 0.2) is 48.1 Å². The molecule has 1 amide bonds. The molecule has 0 radical (unpaired) electrons. The molecule has 0 aliphatic heterocycles. The van der Waals surface area contributed by atoms with Crippen LogP contribution in [-0.2, 0) is 4.74 Å². The van der Waals surface area contributed by atoms with Crippen molar-refractivity contribution < 1.29 is 9.53 Å². The van der Waals surface area contributed by atoms with Gasteiger partial charge in [-0.15, -0.1) is 6.58 Å². The van der Waals surface area contributed by atoms with E-state index >= 15 is 0 Å². The van der Waals surface area contributed by atoms with Crippen molar-refractivity contribution in [2.45, 2.75) is 6.92 Å². The number of benzene rings is 1. The summed E-state index contributed by atoms with van der Waals surface area (Å²) in [6.45, 7) is 5.98. The molecule has 0 saturated carbocycles. The van der Waals surface area contributed by atoms with E-state index in [1.54, 1.807) is 19.2 Å². The molecule has 0 N–H and O–H groups in total. The Morgan fingerprint density at radius 2 is 2.18 bits per heavy atom. The fraction of sp³-hybridized carbons (Fsp3) is 0.231. The van der Waals surface area contributed by atoms with Crippen LogP contribution in [0, 0.1) is 0 Å².